The molecule has 1 aliphatic heterocycles. The molecular weight excluding hydrogens is 300 g/mol. The molecule has 1 aromatic carbocycles. The van der Waals surface area contributed by atoms with Crippen LogP contribution in [0.1, 0.15) is 43.0 Å². The van der Waals surface area contributed by atoms with Crippen LogP contribution < -0.4 is 5.32 Å². The minimum Gasteiger partial charge on any atom is -0.332 e. The van der Waals surface area contributed by atoms with Gasteiger partial charge in [-0.1, -0.05) is 29.8 Å². The van der Waals surface area contributed by atoms with Crippen LogP contribution in [0.3, 0.4) is 0 Å². The van der Waals surface area contributed by atoms with E-state index in [9.17, 15) is 4.79 Å². The maximum atomic E-state index is 12.5. The fourth-order valence-electron chi connectivity index (χ4n) is 3.34. The molecule has 0 bridgehead atoms. The van der Waals surface area contributed by atoms with Crippen molar-refractivity contribution in [2.45, 2.75) is 52.2 Å². The molecule has 0 radical (unpaired) electrons. The normalized spacial score (nSPS) is 20.4. The largest absolute Gasteiger partial charge is 0.332 e. The Kier molecular flexibility index (Phi) is 4.88. The summed E-state index contributed by atoms with van der Waals surface area (Å²) in [7, 11) is 0. The van der Waals surface area contributed by atoms with Gasteiger partial charge < -0.3 is 10.2 Å². The average molecular weight is 326 g/mol. The smallest absolute Gasteiger partial charge is 0.317 e. The van der Waals surface area contributed by atoms with E-state index in [4.69, 9.17) is 0 Å². The third-order valence-corrected chi connectivity index (χ3v) is 4.83. The lowest BCUT2D eigenvalue weighted by atomic mass is 9.96. The summed E-state index contributed by atoms with van der Waals surface area (Å²) in [6, 6.07) is 10.9. The van der Waals surface area contributed by atoms with E-state index in [2.05, 4.69) is 48.5 Å². The van der Waals surface area contributed by atoms with E-state index in [1.54, 1.807) is 0 Å². The molecule has 2 amide bonds. The van der Waals surface area contributed by atoms with Gasteiger partial charge in [0.25, 0.3) is 0 Å². The van der Waals surface area contributed by atoms with Crippen LogP contribution in [0.4, 0.5) is 4.79 Å². The van der Waals surface area contributed by atoms with Crippen molar-refractivity contribution in [2.75, 3.05) is 6.54 Å². The zero-order valence-corrected chi connectivity index (χ0v) is 14.7. The summed E-state index contributed by atoms with van der Waals surface area (Å²) < 4.78 is 1.87. The molecule has 2 unspecified atom stereocenters. The van der Waals surface area contributed by atoms with E-state index < -0.39 is 0 Å². The molecule has 0 spiro atoms. The summed E-state index contributed by atoms with van der Waals surface area (Å²) in [5, 5.41) is 7.40. The van der Waals surface area contributed by atoms with Crippen LogP contribution in [0.5, 0.6) is 0 Å². The molecule has 5 nitrogen and oxygen atoms in total. The van der Waals surface area contributed by atoms with Crippen LogP contribution in [0.25, 0.3) is 0 Å². The van der Waals surface area contributed by atoms with Gasteiger partial charge >= 0.3 is 6.03 Å². The van der Waals surface area contributed by atoms with E-state index >= 15 is 0 Å². The maximum absolute atomic E-state index is 12.5. The van der Waals surface area contributed by atoms with Gasteiger partial charge in [-0.3, -0.25) is 4.68 Å². The lowest BCUT2D eigenvalue weighted by Gasteiger charge is -2.21. The Bertz CT molecular complexity index is 692. The highest BCUT2D eigenvalue weighted by atomic mass is 16.2. The molecule has 24 heavy (non-hydrogen) atoms. The number of urea groups is 1. The van der Waals surface area contributed by atoms with Crippen molar-refractivity contribution in [1.29, 1.82) is 0 Å². The van der Waals surface area contributed by atoms with Gasteiger partial charge in [-0.25, -0.2) is 4.79 Å². The molecule has 2 heterocycles. The van der Waals surface area contributed by atoms with Crippen molar-refractivity contribution in [3.8, 4) is 0 Å². The first kappa shape index (κ1) is 16.6. The Balaban J connectivity index is 1.57. The van der Waals surface area contributed by atoms with Crippen molar-refractivity contribution in [3.05, 3.63) is 53.3 Å². The number of carbonyl (C=O) groups excluding carboxylic acids is 1. The number of likely N-dealkylation sites (tertiary alicyclic amines) is 1. The third-order valence-electron chi connectivity index (χ3n) is 4.83. The monoisotopic (exact) mass is 326 g/mol. The number of benzene rings is 1. The van der Waals surface area contributed by atoms with E-state index in [0.29, 0.717) is 12.5 Å². The van der Waals surface area contributed by atoms with Crippen molar-refractivity contribution < 1.29 is 4.79 Å². The number of nitrogens with one attached hydrogen (secondary N) is 1. The van der Waals surface area contributed by atoms with E-state index in [1.165, 1.54) is 11.1 Å². The van der Waals surface area contributed by atoms with Crippen LogP contribution in [0.2, 0.25) is 0 Å². The Labute approximate surface area is 143 Å². The summed E-state index contributed by atoms with van der Waals surface area (Å²) >= 11 is 0. The third kappa shape index (κ3) is 3.61. The first-order chi connectivity index (χ1) is 11.6. The van der Waals surface area contributed by atoms with E-state index in [-0.39, 0.29) is 12.1 Å². The quantitative estimate of drug-likeness (QED) is 0.937. The zero-order chi connectivity index (χ0) is 17.1. The van der Waals surface area contributed by atoms with Crippen molar-refractivity contribution >= 4 is 6.03 Å². The van der Waals surface area contributed by atoms with Crippen LogP contribution in [-0.2, 0) is 13.1 Å². The van der Waals surface area contributed by atoms with Gasteiger partial charge in [0, 0.05) is 31.2 Å². The number of aryl methyl sites for hydroxylation is 2. The molecule has 5 heteroatoms. The molecule has 1 N–H and O–H groups in total. The Morgan fingerprint density at radius 3 is 2.71 bits per heavy atom. The number of nitrogens with zero attached hydrogens (tertiary/aromatic N) is 3. The van der Waals surface area contributed by atoms with Gasteiger partial charge in [-0.2, -0.15) is 5.10 Å². The topological polar surface area (TPSA) is 50.2 Å². The summed E-state index contributed by atoms with van der Waals surface area (Å²) in [5.41, 5.74) is 3.49. The first-order valence-electron chi connectivity index (χ1n) is 8.70. The molecule has 1 aliphatic rings. The highest BCUT2D eigenvalue weighted by Crippen LogP contribution is 2.31. The van der Waals surface area contributed by atoms with Crippen molar-refractivity contribution in [3.63, 3.8) is 0 Å². The highest BCUT2D eigenvalue weighted by molar-refractivity contribution is 5.75. The van der Waals surface area contributed by atoms with Crippen molar-refractivity contribution in [1.82, 2.24) is 20.0 Å². The molecule has 1 fully saturated rings. The Morgan fingerprint density at radius 2 is 2.04 bits per heavy atom. The van der Waals surface area contributed by atoms with E-state index in [0.717, 1.165) is 25.2 Å². The molecule has 1 aromatic heterocycles. The second-order valence-electron chi connectivity index (χ2n) is 6.67. The van der Waals surface area contributed by atoms with Crippen LogP contribution in [0.15, 0.2) is 36.5 Å². The summed E-state index contributed by atoms with van der Waals surface area (Å²) in [6.07, 6.45) is 2.95. The first-order valence-corrected chi connectivity index (χ1v) is 8.70. The molecular formula is C19H26N4O. The Hall–Kier alpha value is -2.30. The second kappa shape index (κ2) is 7.07. The molecule has 3 rings (SSSR count). The van der Waals surface area contributed by atoms with Crippen LogP contribution in [0, 0.1) is 6.92 Å². The fourth-order valence-corrected chi connectivity index (χ4v) is 3.34. The van der Waals surface area contributed by atoms with Gasteiger partial charge in [0.2, 0.25) is 0 Å². The number of carbonyl (C=O) groups is 1. The van der Waals surface area contributed by atoms with Gasteiger partial charge in [0.15, 0.2) is 0 Å². The van der Waals surface area contributed by atoms with Gasteiger partial charge in [0.1, 0.15) is 0 Å². The SMILES string of the molecule is CCn1ccc(CNC(=O)N2CC(c3ccc(C)cc3)CC2C)n1. The molecule has 2 atom stereocenters. The van der Waals surface area contributed by atoms with E-state index in [1.807, 2.05) is 28.8 Å². The van der Waals surface area contributed by atoms with Crippen LogP contribution >= 0.6 is 0 Å². The maximum Gasteiger partial charge on any atom is 0.317 e. The number of hydrogen-bond donors (Lipinski definition) is 1. The average Bonchev–Trinajstić information content (AvgIpc) is 3.20. The summed E-state index contributed by atoms with van der Waals surface area (Å²) in [6.45, 7) is 8.37. The minimum absolute atomic E-state index is 0.00293. The molecule has 2 aromatic rings. The predicted octanol–water partition coefficient (Wildman–Crippen LogP) is 3.30. The number of hydrogen-bond acceptors (Lipinski definition) is 2. The standard InChI is InChI=1S/C19H26N4O/c1-4-22-10-9-18(21-22)12-20-19(24)23-13-17(11-15(23)3)16-7-5-14(2)6-8-16/h5-10,15,17H,4,11-13H2,1-3H3,(H,20,24). The Morgan fingerprint density at radius 1 is 1.29 bits per heavy atom. The number of rotatable bonds is 4. The lowest BCUT2D eigenvalue weighted by molar-refractivity contribution is 0.195. The molecule has 1 saturated heterocycles. The predicted molar refractivity (Wildman–Crippen MR) is 94.8 cm³/mol. The lowest BCUT2D eigenvalue weighted by Crippen LogP contribution is -2.41. The zero-order valence-electron chi connectivity index (χ0n) is 14.7. The highest BCUT2D eigenvalue weighted by Gasteiger charge is 2.33. The molecule has 0 aliphatic carbocycles. The number of amides is 2. The van der Waals surface area contributed by atoms with Gasteiger partial charge in [0.05, 0.1) is 12.2 Å². The summed E-state index contributed by atoms with van der Waals surface area (Å²) in [5.74, 6) is 0.422. The van der Waals surface area contributed by atoms with Crippen molar-refractivity contribution in [2.24, 2.45) is 0 Å². The summed E-state index contributed by atoms with van der Waals surface area (Å²) in [4.78, 5) is 14.5. The molecule has 0 saturated carbocycles. The second-order valence-corrected chi connectivity index (χ2v) is 6.67. The fraction of sp³-hybridized carbons (Fsp3) is 0.474. The number of aromatic nitrogens is 2. The minimum atomic E-state index is 0.00293. The van der Waals surface area contributed by atoms with Gasteiger partial charge in [-0.05, 0) is 38.8 Å². The van der Waals surface area contributed by atoms with Crippen LogP contribution in [-0.4, -0.2) is 33.3 Å². The molecule has 128 valence electrons. The van der Waals surface area contributed by atoms with Gasteiger partial charge in [-0.15, -0.1) is 0 Å².